The van der Waals surface area contributed by atoms with Crippen LogP contribution in [0.3, 0.4) is 0 Å². The van der Waals surface area contributed by atoms with E-state index in [0.717, 1.165) is 4.47 Å². The van der Waals surface area contributed by atoms with Crippen molar-refractivity contribution in [3.05, 3.63) is 16.8 Å². The van der Waals surface area contributed by atoms with Crippen LogP contribution in [0.2, 0.25) is 0 Å². The Bertz CT molecular complexity index is 314. The first-order chi connectivity index (χ1) is 6.58. The van der Waals surface area contributed by atoms with Gasteiger partial charge in [0.05, 0.1) is 10.7 Å². The molecular formula is C9H12BBrO3. The number of furan rings is 1. The molecular weight excluding hydrogens is 247 g/mol. The predicted molar refractivity (Wildman–Crippen MR) is 57.5 cm³/mol. The van der Waals surface area contributed by atoms with Crippen LogP contribution in [0.4, 0.5) is 0 Å². The summed E-state index contributed by atoms with van der Waals surface area (Å²) in [6, 6.07) is 1.84. The molecule has 76 valence electrons. The van der Waals surface area contributed by atoms with E-state index < -0.39 is 0 Å². The van der Waals surface area contributed by atoms with Crippen LogP contribution >= 0.6 is 15.9 Å². The Morgan fingerprint density at radius 2 is 2.00 bits per heavy atom. The molecule has 1 fully saturated rings. The molecule has 0 unspecified atom stereocenters. The molecule has 0 radical (unpaired) electrons. The second kappa shape index (κ2) is 3.72. The summed E-state index contributed by atoms with van der Waals surface area (Å²) in [5, 5.41) is 0. The molecule has 5 heteroatoms. The highest BCUT2D eigenvalue weighted by atomic mass is 79.9. The summed E-state index contributed by atoms with van der Waals surface area (Å²) in [4.78, 5) is 0. The summed E-state index contributed by atoms with van der Waals surface area (Å²) < 4.78 is 17.3. The van der Waals surface area contributed by atoms with E-state index in [0.29, 0.717) is 18.9 Å². The molecule has 0 aliphatic carbocycles. The van der Waals surface area contributed by atoms with Crippen LogP contribution in [0.1, 0.15) is 13.8 Å². The van der Waals surface area contributed by atoms with Gasteiger partial charge in [0, 0.05) is 18.6 Å². The standard InChI is InChI=1S/C9H12BBrO3/c1-9(2)5-13-10(14-6-9)8-7(11)3-4-12-8/h3-4H,5-6H2,1-2H3. The fourth-order valence-electron chi connectivity index (χ4n) is 1.32. The molecule has 0 amide bonds. The quantitative estimate of drug-likeness (QED) is 0.720. The second-order valence-electron chi connectivity index (χ2n) is 4.25. The van der Waals surface area contributed by atoms with E-state index >= 15 is 0 Å². The van der Waals surface area contributed by atoms with Crippen molar-refractivity contribution >= 4 is 28.7 Å². The van der Waals surface area contributed by atoms with Gasteiger partial charge in [-0.2, -0.15) is 0 Å². The molecule has 1 saturated heterocycles. The molecule has 0 atom stereocenters. The Balaban J connectivity index is 2.06. The molecule has 1 aromatic rings. The van der Waals surface area contributed by atoms with E-state index in [1.807, 2.05) is 6.07 Å². The van der Waals surface area contributed by atoms with Crippen molar-refractivity contribution in [2.75, 3.05) is 13.2 Å². The summed E-state index contributed by atoms with van der Waals surface area (Å²) in [6.07, 6.45) is 1.62. The largest absolute Gasteiger partial charge is 0.533 e. The van der Waals surface area contributed by atoms with Crippen molar-refractivity contribution in [2.45, 2.75) is 13.8 Å². The highest BCUT2D eigenvalue weighted by Crippen LogP contribution is 2.22. The van der Waals surface area contributed by atoms with Crippen LogP contribution in [0.25, 0.3) is 0 Å². The van der Waals surface area contributed by atoms with E-state index in [2.05, 4.69) is 29.8 Å². The van der Waals surface area contributed by atoms with Gasteiger partial charge in [-0.15, -0.1) is 0 Å². The van der Waals surface area contributed by atoms with Crippen LogP contribution in [0.15, 0.2) is 21.2 Å². The molecule has 1 aliphatic heterocycles. The lowest BCUT2D eigenvalue weighted by Crippen LogP contribution is -2.47. The number of rotatable bonds is 1. The Morgan fingerprint density at radius 1 is 1.36 bits per heavy atom. The minimum Gasteiger partial charge on any atom is -0.472 e. The predicted octanol–water partition coefficient (Wildman–Crippen LogP) is 1.81. The van der Waals surface area contributed by atoms with Gasteiger partial charge >= 0.3 is 7.12 Å². The Kier molecular flexibility index (Phi) is 2.73. The third-order valence-electron chi connectivity index (χ3n) is 2.11. The van der Waals surface area contributed by atoms with Crippen molar-refractivity contribution < 1.29 is 13.7 Å². The first kappa shape index (κ1) is 10.3. The summed E-state index contributed by atoms with van der Waals surface area (Å²) in [7, 11) is -0.368. The fourth-order valence-corrected chi connectivity index (χ4v) is 1.71. The number of hydrogen-bond acceptors (Lipinski definition) is 3. The third-order valence-corrected chi connectivity index (χ3v) is 2.76. The van der Waals surface area contributed by atoms with Gasteiger partial charge in [-0.25, -0.2) is 0 Å². The first-order valence-corrected chi connectivity index (χ1v) is 5.34. The molecule has 3 nitrogen and oxygen atoms in total. The second-order valence-corrected chi connectivity index (χ2v) is 5.11. The maximum Gasteiger partial charge on any atom is 0.533 e. The average Bonchev–Trinajstić information content (AvgIpc) is 2.52. The van der Waals surface area contributed by atoms with E-state index in [1.165, 1.54) is 0 Å². The van der Waals surface area contributed by atoms with Gasteiger partial charge in [-0.3, -0.25) is 0 Å². The molecule has 0 spiro atoms. The molecule has 1 aromatic heterocycles. The van der Waals surface area contributed by atoms with Gasteiger partial charge < -0.3 is 13.7 Å². The van der Waals surface area contributed by atoms with Crippen molar-refractivity contribution in [3.63, 3.8) is 0 Å². The molecule has 0 aromatic carbocycles. The van der Waals surface area contributed by atoms with Gasteiger partial charge in [0.1, 0.15) is 5.66 Å². The van der Waals surface area contributed by atoms with Crippen LogP contribution < -0.4 is 5.66 Å². The number of halogens is 1. The van der Waals surface area contributed by atoms with Gasteiger partial charge in [0.2, 0.25) is 0 Å². The lowest BCUT2D eigenvalue weighted by molar-refractivity contribution is 0.0325. The van der Waals surface area contributed by atoms with E-state index in [1.54, 1.807) is 6.26 Å². The van der Waals surface area contributed by atoms with Crippen molar-refractivity contribution in [2.24, 2.45) is 5.41 Å². The van der Waals surface area contributed by atoms with E-state index in [-0.39, 0.29) is 12.5 Å². The summed E-state index contributed by atoms with van der Waals surface area (Å²) in [5.41, 5.74) is 0.802. The fraction of sp³-hybridized carbons (Fsp3) is 0.556. The molecule has 0 N–H and O–H groups in total. The minimum absolute atomic E-state index is 0.0928. The van der Waals surface area contributed by atoms with Gasteiger partial charge in [0.25, 0.3) is 0 Å². The van der Waals surface area contributed by atoms with Crippen LogP contribution in [-0.2, 0) is 9.31 Å². The van der Waals surface area contributed by atoms with Crippen molar-refractivity contribution in [3.8, 4) is 0 Å². The SMILES string of the molecule is CC1(C)COB(c2occc2Br)OC1. The normalized spacial score (nSPS) is 21.2. The maximum atomic E-state index is 5.57. The minimum atomic E-state index is -0.368. The monoisotopic (exact) mass is 258 g/mol. The van der Waals surface area contributed by atoms with Crippen molar-refractivity contribution in [1.29, 1.82) is 0 Å². The summed E-state index contributed by atoms with van der Waals surface area (Å²) >= 11 is 3.38. The van der Waals surface area contributed by atoms with Crippen molar-refractivity contribution in [1.82, 2.24) is 0 Å². The highest BCUT2D eigenvalue weighted by molar-refractivity contribution is 9.10. The molecule has 0 bridgehead atoms. The van der Waals surface area contributed by atoms with Crippen LogP contribution in [-0.4, -0.2) is 20.3 Å². The lowest BCUT2D eigenvalue weighted by atomic mass is 9.81. The lowest BCUT2D eigenvalue weighted by Gasteiger charge is -2.32. The zero-order valence-corrected chi connectivity index (χ0v) is 9.83. The van der Waals surface area contributed by atoms with E-state index in [9.17, 15) is 0 Å². The summed E-state index contributed by atoms with van der Waals surface area (Å²) in [6.45, 7) is 5.59. The Morgan fingerprint density at radius 3 is 2.50 bits per heavy atom. The highest BCUT2D eigenvalue weighted by Gasteiger charge is 2.36. The molecule has 1 aliphatic rings. The Hall–Kier alpha value is -0.255. The summed E-state index contributed by atoms with van der Waals surface area (Å²) in [5.74, 6) is 0. The van der Waals surface area contributed by atoms with Crippen LogP contribution in [0.5, 0.6) is 0 Å². The molecule has 2 heterocycles. The molecule has 14 heavy (non-hydrogen) atoms. The Labute approximate surface area is 92.0 Å². The van der Waals surface area contributed by atoms with E-state index in [4.69, 9.17) is 13.7 Å². The topological polar surface area (TPSA) is 31.6 Å². The third kappa shape index (κ3) is 2.05. The van der Waals surface area contributed by atoms with Gasteiger partial charge in [0.15, 0.2) is 0 Å². The average molecular weight is 259 g/mol. The maximum absolute atomic E-state index is 5.57. The molecule has 2 rings (SSSR count). The first-order valence-electron chi connectivity index (χ1n) is 4.55. The molecule has 0 saturated carbocycles. The smallest absolute Gasteiger partial charge is 0.472 e. The van der Waals surface area contributed by atoms with Gasteiger partial charge in [-0.05, 0) is 22.0 Å². The zero-order valence-electron chi connectivity index (χ0n) is 8.25. The van der Waals surface area contributed by atoms with Gasteiger partial charge in [-0.1, -0.05) is 13.8 Å². The number of hydrogen-bond donors (Lipinski definition) is 0. The zero-order chi connectivity index (χ0) is 10.2. The van der Waals surface area contributed by atoms with Crippen LogP contribution in [0, 0.1) is 5.41 Å².